The molecule has 2 N–H and O–H groups in total. The fourth-order valence-electron chi connectivity index (χ4n) is 4.45. The number of nitrogens with one attached hydrogen (secondary N) is 2. The van der Waals surface area contributed by atoms with Gasteiger partial charge in [0.1, 0.15) is 6.04 Å². The Hall–Kier alpha value is -1.77. The van der Waals surface area contributed by atoms with Crippen LogP contribution < -0.4 is 10.2 Å². The molecule has 0 spiro atoms. The van der Waals surface area contributed by atoms with Crippen LogP contribution in [0.2, 0.25) is 0 Å². The highest BCUT2D eigenvalue weighted by Crippen LogP contribution is 2.24. The van der Waals surface area contributed by atoms with Gasteiger partial charge in [0, 0.05) is 37.4 Å². The number of carbonyl (C=O) groups is 2. The summed E-state index contributed by atoms with van der Waals surface area (Å²) in [7, 11) is -3.66. The minimum Gasteiger partial charge on any atom is -0.350 e. The number of likely N-dealkylation sites (tertiary alicyclic amines) is 1. The summed E-state index contributed by atoms with van der Waals surface area (Å²) >= 11 is 0. The van der Waals surface area contributed by atoms with Gasteiger partial charge in [-0.2, -0.15) is 4.31 Å². The minimum absolute atomic E-state index is 0.0444. The van der Waals surface area contributed by atoms with Crippen LogP contribution in [0.4, 0.5) is 0 Å². The van der Waals surface area contributed by atoms with Gasteiger partial charge >= 0.3 is 0 Å². The quantitative estimate of drug-likeness (QED) is 0.626. The second-order valence-electron chi connectivity index (χ2n) is 8.11. The molecule has 29 heavy (non-hydrogen) atoms. The third kappa shape index (κ3) is 5.05. The molecule has 8 heteroatoms. The van der Waals surface area contributed by atoms with Crippen LogP contribution >= 0.6 is 0 Å². The lowest BCUT2D eigenvalue weighted by Crippen LogP contribution is -3.14. The molecule has 2 heterocycles. The third-order valence-corrected chi connectivity index (χ3v) is 8.20. The lowest BCUT2D eigenvalue weighted by molar-refractivity contribution is -0.909. The Bertz CT molecular complexity index is 847. The third-order valence-electron chi connectivity index (χ3n) is 6.31. The summed E-state index contributed by atoms with van der Waals surface area (Å²) in [5.41, 5.74) is 0.385. The number of rotatable bonds is 7. The Labute approximate surface area is 173 Å². The van der Waals surface area contributed by atoms with Gasteiger partial charge < -0.3 is 10.2 Å². The number of Topliss-reactive ketones (excluding diaryl/α,β-unsaturated/α-hetero) is 1. The van der Waals surface area contributed by atoms with Gasteiger partial charge in [-0.3, -0.25) is 9.59 Å². The zero-order chi connectivity index (χ0) is 21.0. The Kier molecular flexibility index (Phi) is 7.08. The van der Waals surface area contributed by atoms with Crippen molar-refractivity contribution >= 4 is 21.7 Å². The van der Waals surface area contributed by atoms with E-state index in [1.54, 1.807) is 17.0 Å². The van der Waals surface area contributed by atoms with E-state index in [0.717, 1.165) is 13.0 Å². The van der Waals surface area contributed by atoms with E-state index >= 15 is 0 Å². The predicted octanol–water partition coefficient (Wildman–Crippen LogP) is 0.473. The molecule has 2 aliphatic rings. The first-order valence-electron chi connectivity index (χ1n) is 10.6. The molecule has 1 aromatic carbocycles. The molecule has 7 nitrogen and oxygen atoms in total. The van der Waals surface area contributed by atoms with E-state index in [0.29, 0.717) is 44.1 Å². The lowest BCUT2D eigenvalue weighted by Gasteiger charge is -2.31. The molecule has 0 bridgehead atoms. The number of hydrogen-bond donors (Lipinski definition) is 2. The molecule has 0 aliphatic carbocycles. The average Bonchev–Trinajstić information content (AvgIpc) is 3.19. The number of quaternary nitrogens is 1. The van der Waals surface area contributed by atoms with E-state index < -0.39 is 10.0 Å². The van der Waals surface area contributed by atoms with E-state index in [1.165, 1.54) is 36.3 Å². The summed E-state index contributed by atoms with van der Waals surface area (Å²) < 4.78 is 27.3. The van der Waals surface area contributed by atoms with E-state index in [1.807, 2.05) is 0 Å². The molecule has 0 radical (unpaired) electrons. The number of likely N-dealkylation sites (N-methyl/N-ethyl adjacent to an activating group) is 1. The number of hydrogen-bond acceptors (Lipinski definition) is 4. The predicted molar refractivity (Wildman–Crippen MR) is 110 cm³/mol. The highest BCUT2D eigenvalue weighted by molar-refractivity contribution is 7.89. The molecular formula is C21H32N3O4S+. The van der Waals surface area contributed by atoms with Crippen molar-refractivity contribution in [1.29, 1.82) is 0 Å². The molecule has 1 amide bonds. The molecule has 2 saturated heterocycles. The Balaban J connectivity index is 1.55. The zero-order valence-electron chi connectivity index (χ0n) is 17.3. The molecule has 0 aromatic heterocycles. The van der Waals surface area contributed by atoms with Crippen molar-refractivity contribution in [1.82, 2.24) is 9.62 Å². The lowest BCUT2D eigenvalue weighted by atomic mass is 9.97. The molecule has 0 saturated carbocycles. The summed E-state index contributed by atoms with van der Waals surface area (Å²) in [5.74, 6) is -0.261. The van der Waals surface area contributed by atoms with Crippen LogP contribution in [-0.2, 0) is 14.8 Å². The first-order valence-corrected chi connectivity index (χ1v) is 12.0. The maximum Gasteiger partial charge on any atom is 0.243 e. The SMILES string of the molecule is CC[NH+]1CCC[C@@H]1CNC(=O)C1CCN(S(=O)(=O)c2cccc(C(C)=O)c2)CC1. The average molecular weight is 423 g/mol. The van der Waals surface area contributed by atoms with Crippen molar-refractivity contribution in [3.05, 3.63) is 29.8 Å². The standard InChI is InChI=1S/C21H31N3O4S/c1-3-23-11-5-7-19(23)15-22-21(26)17-9-12-24(13-10-17)29(27,28)20-8-4-6-18(14-20)16(2)25/h4,6,8,14,17,19H,3,5,7,9-13,15H2,1-2H3,(H,22,26)/p+1/t19-/m1/s1. The molecule has 2 fully saturated rings. The number of benzene rings is 1. The van der Waals surface area contributed by atoms with Crippen molar-refractivity contribution in [3.63, 3.8) is 0 Å². The molecule has 2 atom stereocenters. The minimum atomic E-state index is -3.66. The molecule has 1 unspecified atom stereocenters. The fourth-order valence-corrected chi connectivity index (χ4v) is 5.96. The summed E-state index contributed by atoms with van der Waals surface area (Å²) in [6.45, 7) is 7.21. The van der Waals surface area contributed by atoms with Crippen molar-refractivity contribution in [2.24, 2.45) is 5.92 Å². The first-order chi connectivity index (χ1) is 13.8. The van der Waals surface area contributed by atoms with E-state index in [4.69, 9.17) is 0 Å². The van der Waals surface area contributed by atoms with Crippen LogP contribution in [0.5, 0.6) is 0 Å². The monoisotopic (exact) mass is 422 g/mol. The highest BCUT2D eigenvalue weighted by atomic mass is 32.2. The number of amides is 1. The molecule has 1 aromatic rings. The van der Waals surface area contributed by atoms with Gasteiger partial charge in [-0.15, -0.1) is 0 Å². The maximum absolute atomic E-state index is 12.9. The van der Waals surface area contributed by atoms with Gasteiger partial charge in [-0.1, -0.05) is 12.1 Å². The maximum atomic E-state index is 12.9. The number of nitrogens with zero attached hydrogens (tertiary/aromatic N) is 1. The summed E-state index contributed by atoms with van der Waals surface area (Å²) in [6.07, 6.45) is 3.41. The normalized spacial score (nSPS) is 23.8. The summed E-state index contributed by atoms with van der Waals surface area (Å²) in [4.78, 5) is 25.8. The summed E-state index contributed by atoms with van der Waals surface area (Å²) in [6, 6.07) is 6.65. The number of carbonyl (C=O) groups excluding carboxylic acids is 2. The van der Waals surface area contributed by atoms with Crippen LogP contribution in [-0.4, -0.2) is 63.2 Å². The Morgan fingerprint density at radius 2 is 1.93 bits per heavy atom. The van der Waals surface area contributed by atoms with Crippen LogP contribution in [0.1, 0.15) is 49.9 Å². The van der Waals surface area contributed by atoms with E-state index in [2.05, 4.69) is 12.2 Å². The topological polar surface area (TPSA) is 88.0 Å². The zero-order valence-corrected chi connectivity index (χ0v) is 18.1. The molecule has 3 rings (SSSR count). The van der Waals surface area contributed by atoms with Crippen LogP contribution in [0, 0.1) is 5.92 Å². The van der Waals surface area contributed by atoms with Gasteiger partial charge in [0.25, 0.3) is 0 Å². The van der Waals surface area contributed by atoms with Crippen LogP contribution in [0.15, 0.2) is 29.2 Å². The van der Waals surface area contributed by atoms with Crippen LogP contribution in [0.25, 0.3) is 0 Å². The Morgan fingerprint density at radius 3 is 2.59 bits per heavy atom. The van der Waals surface area contributed by atoms with E-state index in [9.17, 15) is 18.0 Å². The Morgan fingerprint density at radius 1 is 1.21 bits per heavy atom. The van der Waals surface area contributed by atoms with Gasteiger partial charge in [0.15, 0.2) is 5.78 Å². The van der Waals surface area contributed by atoms with Crippen LogP contribution in [0.3, 0.4) is 0 Å². The largest absolute Gasteiger partial charge is 0.350 e. The highest BCUT2D eigenvalue weighted by Gasteiger charge is 2.33. The smallest absolute Gasteiger partial charge is 0.243 e. The fraction of sp³-hybridized carbons (Fsp3) is 0.619. The van der Waals surface area contributed by atoms with Gasteiger partial charge in [0.05, 0.1) is 24.5 Å². The first kappa shape index (κ1) is 21.9. The number of sulfonamides is 1. The van der Waals surface area contributed by atoms with Gasteiger partial charge in [-0.05, 0) is 38.8 Å². The molecular weight excluding hydrogens is 390 g/mol. The molecule has 2 aliphatic heterocycles. The van der Waals surface area contributed by atoms with Gasteiger partial charge in [0.2, 0.25) is 15.9 Å². The number of piperidine rings is 1. The van der Waals surface area contributed by atoms with Crippen molar-refractivity contribution in [2.75, 3.05) is 32.7 Å². The number of ketones is 1. The van der Waals surface area contributed by atoms with Crippen molar-refractivity contribution in [3.8, 4) is 0 Å². The second-order valence-corrected chi connectivity index (χ2v) is 10.0. The van der Waals surface area contributed by atoms with Crippen molar-refractivity contribution < 1.29 is 22.9 Å². The van der Waals surface area contributed by atoms with Gasteiger partial charge in [-0.25, -0.2) is 8.42 Å². The summed E-state index contributed by atoms with van der Waals surface area (Å²) in [5, 5.41) is 3.10. The van der Waals surface area contributed by atoms with E-state index in [-0.39, 0.29) is 22.5 Å². The molecule has 160 valence electrons. The second kappa shape index (κ2) is 9.36. The van der Waals surface area contributed by atoms with Crippen molar-refractivity contribution in [2.45, 2.75) is 50.5 Å².